The zero-order chi connectivity index (χ0) is 11.8. The summed E-state index contributed by atoms with van der Waals surface area (Å²) in [5, 5.41) is 6.91. The molecule has 1 aromatic rings. The molecule has 4 nitrogen and oxygen atoms in total. The number of hydrogen-bond acceptors (Lipinski definition) is 3. The van der Waals surface area contributed by atoms with Crippen LogP contribution in [0.5, 0.6) is 0 Å². The number of hydrogen-bond donors (Lipinski definition) is 1. The minimum atomic E-state index is -0.0839. The van der Waals surface area contributed by atoms with Crippen molar-refractivity contribution in [1.29, 1.82) is 0 Å². The van der Waals surface area contributed by atoms with Gasteiger partial charge < -0.3 is 9.84 Å². The molecule has 2 saturated carbocycles. The summed E-state index contributed by atoms with van der Waals surface area (Å²) < 4.78 is 5.19. The summed E-state index contributed by atoms with van der Waals surface area (Å²) in [4.78, 5) is 12.0. The molecule has 2 atom stereocenters. The van der Waals surface area contributed by atoms with E-state index >= 15 is 0 Å². The minimum absolute atomic E-state index is 0.0839. The summed E-state index contributed by atoms with van der Waals surface area (Å²) in [7, 11) is 0. The molecule has 0 aliphatic heterocycles. The van der Waals surface area contributed by atoms with Crippen LogP contribution < -0.4 is 5.32 Å². The van der Waals surface area contributed by atoms with Crippen LogP contribution in [0.4, 0.5) is 0 Å². The van der Waals surface area contributed by atoms with Crippen LogP contribution in [0.25, 0.3) is 0 Å². The Bertz CT molecular complexity index is 423. The van der Waals surface area contributed by atoms with Gasteiger partial charge in [0.25, 0.3) is 5.91 Å². The molecule has 2 aliphatic carbocycles. The lowest BCUT2D eigenvalue weighted by Gasteiger charge is -2.15. The van der Waals surface area contributed by atoms with Crippen molar-refractivity contribution in [3.8, 4) is 0 Å². The van der Waals surface area contributed by atoms with E-state index in [2.05, 4.69) is 17.4 Å². The number of amides is 1. The zero-order valence-electron chi connectivity index (χ0n) is 10.1. The Morgan fingerprint density at radius 2 is 2.24 bits per heavy atom. The molecular weight excluding hydrogens is 216 g/mol. The summed E-state index contributed by atoms with van der Waals surface area (Å²) >= 11 is 0. The number of aromatic nitrogens is 1. The van der Waals surface area contributed by atoms with Crippen LogP contribution in [0, 0.1) is 5.92 Å². The van der Waals surface area contributed by atoms with Gasteiger partial charge in [-0.1, -0.05) is 18.5 Å². The molecule has 1 heterocycles. The highest BCUT2D eigenvalue weighted by Crippen LogP contribution is 2.40. The average Bonchev–Trinajstić information content (AvgIpc) is 2.91. The third-order valence-electron chi connectivity index (χ3n) is 3.92. The Kier molecular flexibility index (Phi) is 2.65. The van der Waals surface area contributed by atoms with E-state index in [1.807, 2.05) is 0 Å². The van der Waals surface area contributed by atoms with Crippen molar-refractivity contribution in [2.75, 3.05) is 0 Å². The summed E-state index contributed by atoms with van der Waals surface area (Å²) in [6.45, 7) is 2.19. The number of nitrogens with zero attached hydrogens (tertiary/aromatic N) is 1. The predicted molar refractivity (Wildman–Crippen MR) is 62.7 cm³/mol. The minimum Gasteiger partial charge on any atom is -0.360 e. The van der Waals surface area contributed by atoms with Crippen LogP contribution >= 0.6 is 0 Å². The largest absolute Gasteiger partial charge is 0.360 e. The first-order valence-corrected chi connectivity index (χ1v) is 6.51. The molecule has 1 aromatic heterocycles. The monoisotopic (exact) mass is 234 g/mol. The van der Waals surface area contributed by atoms with E-state index in [1.54, 1.807) is 6.07 Å². The van der Waals surface area contributed by atoms with Gasteiger partial charge in [-0.3, -0.25) is 4.79 Å². The SMILES string of the molecule is C[C@@H]1CCC[C@H]1NC(=O)c1cc(C2CC2)on1. The van der Waals surface area contributed by atoms with E-state index in [-0.39, 0.29) is 5.91 Å². The average molecular weight is 234 g/mol. The van der Waals surface area contributed by atoms with Gasteiger partial charge in [0, 0.05) is 18.0 Å². The topological polar surface area (TPSA) is 55.1 Å². The van der Waals surface area contributed by atoms with Crippen molar-refractivity contribution in [1.82, 2.24) is 10.5 Å². The van der Waals surface area contributed by atoms with Crippen LogP contribution in [-0.2, 0) is 0 Å². The van der Waals surface area contributed by atoms with Crippen LogP contribution in [-0.4, -0.2) is 17.1 Å². The smallest absolute Gasteiger partial charge is 0.273 e. The Hall–Kier alpha value is -1.32. The second-order valence-electron chi connectivity index (χ2n) is 5.38. The highest BCUT2D eigenvalue weighted by molar-refractivity contribution is 5.92. The molecule has 0 unspecified atom stereocenters. The molecule has 2 fully saturated rings. The lowest BCUT2D eigenvalue weighted by atomic mass is 10.1. The van der Waals surface area contributed by atoms with Gasteiger partial charge in [-0.2, -0.15) is 0 Å². The van der Waals surface area contributed by atoms with Crippen LogP contribution in [0.15, 0.2) is 10.6 Å². The fraction of sp³-hybridized carbons (Fsp3) is 0.692. The zero-order valence-corrected chi connectivity index (χ0v) is 10.1. The van der Waals surface area contributed by atoms with Crippen LogP contribution in [0.2, 0.25) is 0 Å². The van der Waals surface area contributed by atoms with E-state index in [1.165, 1.54) is 12.8 Å². The van der Waals surface area contributed by atoms with E-state index in [9.17, 15) is 4.79 Å². The molecule has 0 spiro atoms. The molecule has 17 heavy (non-hydrogen) atoms. The number of rotatable bonds is 3. The fourth-order valence-electron chi connectivity index (χ4n) is 2.56. The van der Waals surface area contributed by atoms with E-state index in [0.29, 0.717) is 23.6 Å². The Morgan fingerprint density at radius 3 is 2.88 bits per heavy atom. The standard InChI is InChI=1S/C13H18N2O2/c1-8-3-2-4-10(8)14-13(16)11-7-12(17-15-11)9-5-6-9/h7-10H,2-6H2,1H3,(H,14,16)/t8-,10-/m1/s1. The molecule has 1 amide bonds. The van der Waals surface area contributed by atoms with Gasteiger partial charge in [0.1, 0.15) is 5.76 Å². The van der Waals surface area contributed by atoms with Crippen molar-refractivity contribution < 1.29 is 9.32 Å². The van der Waals surface area contributed by atoms with Gasteiger partial charge in [0.05, 0.1) is 0 Å². The van der Waals surface area contributed by atoms with Gasteiger partial charge in [-0.05, 0) is 31.6 Å². The van der Waals surface area contributed by atoms with Crippen molar-refractivity contribution in [3.63, 3.8) is 0 Å². The summed E-state index contributed by atoms with van der Waals surface area (Å²) in [6.07, 6.45) is 5.82. The van der Waals surface area contributed by atoms with E-state index in [0.717, 1.165) is 25.0 Å². The quantitative estimate of drug-likeness (QED) is 0.874. The Balaban J connectivity index is 1.64. The highest BCUT2D eigenvalue weighted by atomic mass is 16.5. The van der Waals surface area contributed by atoms with Crippen LogP contribution in [0.3, 0.4) is 0 Å². The van der Waals surface area contributed by atoms with Gasteiger partial charge in [0.2, 0.25) is 0 Å². The van der Waals surface area contributed by atoms with Crippen molar-refractivity contribution in [3.05, 3.63) is 17.5 Å². The first kappa shape index (κ1) is 10.8. The first-order chi connectivity index (χ1) is 8.24. The fourth-order valence-corrected chi connectivity index (χ4v) is 2.56. The molecule has 3 rings (SSSR count). The second-order valence-corrected chi connectivity index (χ2v) is 5.38. The molecule has 4 heteroatoms. The van der Waals surface area contributed by atoms with E-state index in [4.69, 9.17) is 4.52 Å². The highest BCUT2D eigenvalue weighted by Gasteiger charge is 2.30. The summed E-state index contributed by atoms with van der Waals surface area (Å²) in [5.74, 6) is 1.87. The van der Waals surface area contributed by atoms with Gasteiger partial charge >= 0.3 is 0 Å². The van der Waals surface area contributed by atoms with Gasteiger partial charge in [-0.25, -0.2) is 0 Å². The maximum Gasteiger partial charge on any atom is 0.273 e. The third kappa shape index (κ3) is 2.21. The lowest BCUT2D eigenvalue weighted by molar-refractivity contribution is 0.0920. The van der Waals surface area contributed by atoms with E-state index < -0.39 is 0 Å². The molecule has 92 valence electrons. The normalized spacial score (nSPS) is 28.3. The molecule has 2 aliphatic rings. The Morgan fingerprint density at radius 1 is 1.41 bits per heavy atom. The molecule has 1 N–H and O–H groups in total. The maximum atomic E-state index is 12.0. The number of carbonyl (C=O) groups excluding carboxylic acids is 1. The molecule has 0 saturated heterocycles. The maximum absolute atomic E-state index is 12.0. The second kappa shape index (κ2) is 4.17. The summed E-state index contributed by atoms with van der Waals surface area (Å²) in [6, 6.07) is 2.11. The lowest BCUT2D eigenvalue weighted by Crippen LogP contribution is -2.36. The Labute approximate surface area is 101 Å². The summed E-state index contributed by atoms with van der Waals surface area (Å²) in [5.41, 5.74) is 0.436. The predicted octanol–water partition coefficient (Wildman–Crippen LogP) is 2.47. The van der Waals surface area contributed by atoms with Gasteiger partial charge in [0.15, 0.2) is 5.69 Å². The molecular formula is C13H18N2O2. The van der Waals surface area contributed by atoms with Crippen molar-refractivity contribution >= 4 is 5.91 Å². The van der Waals surface area contributed by atoms with Crippen molar-refractivity contribution in [2.45, 2.75) is 51.0 Å². The molecule has 0 bridgehead atoms. The molecule has 0 radical (unpaired) electrons. The van der Waals surface area contributed by atoms with Gasteiger partial charge in [-0.15, -0.1) is 0 Å². The third-order valence-corrected chi connectivity index (χ3v) is 3.92. The molecule has 0 aromatic carbocycles. The first-order valence-electron chi connectivity index (χ1n) is 6.51. The van der Waals surface area contributed by atoms with Crippen molar-refractivity contribution in [2.24, 2.45) is 5.92 Å². The number of carbonyl (C=O) groups is 1. The number of nitrogens with one attached hydrogen (secondary N) is 1. The van der Waals surface area contributed by atoms with Crippen LogP contribution in [0.1, 0.15) is 61.2 Å².